The molecule has 0 saturated carbocycles. The summed E-state index contributed by atoms with van der Waals surface area (Å²) in [7, 11) is -0.595. The van der Waals surface area contributed by atoms with Crippen LogP contribution in [0.25, 0.3) is 0 Å². The van der Waals surface area contributed by atoms with Gasteiger partial charge in [0.25, 0.3) is 10.0 Å². The maximum Gasteiger partial charge on any atom is 0.265 e. The fourth-order valence-corrected chi connectivity index (χ4v) is 2.83. The molecule has 0 aliphatic carbocycles. The molecule has 0 bridgehead atoms. The fourth-order valence-electron chi connectivity index (χ4n) is 1.80. The third-order valence-electron chi connectivity index (χ3n) is 2.87. The molecule has 0 spiro atoms. The van der Waals surface area contributed by atoms with Gasteiger partial charge in [0.1, 0.15) is 4.90 Å². The van der Waals surface area contributed by atoms with E-state index in [9.17, 15) is 8.42 Å². The van der Waals surface area contributed by atoms with Crippen LogP contribution in [0.2, 0.25) is 0 Å². The van der Waals surface area contributed by atoms with Gasteiger partial charge in [-0.2, -0.15) is 4.98 Å². The Balaban J connectivity index is 2.34. The average Bonchev–Trinajstić information content (AvgIpc) is 2.79. The number of sulfonamides is 1. The monoisotopic (exact) mass is 311 g/mol. The standard InChI is InChI=1S/C12H17N5O3S/c1-8-4-11(20-3)15-12(14-8)16-21(18,19)10-5-9(6-13)17(2)7-10/h4-5,7H,6,13H2,1-3H3,(H,14,15,16). The first-order chi connectivity index (χ1) is 9.85. The number of hydrogen-bond donors (Lipinski definition) is 2. The highest BCUT2D eigenvalue weighted by Gasteiger charge is 2.19. The lowest BCUT2D eigenvalue weighted by atomic mass is 10.4. The number of nitrogens with zero attached hydrogens (tertiary/aromatic N) is 3. The second-order valence-electron chi connectivity index (χ2n) is 4.46. The van der Waals surface area contributed by atoms with E-state index in [1.807, 2.05) is 0 Å². The second kappa shape index (κ2) is 5.70. The van der Waals surface area contributed by atoms with Gasteiger partial charge in [0.15, 0.2) is 0 Å². The molecule has 0 aliphatic rings. The number of ether oxygens (including phenoxy) is 1. The third kappa shape index (κ3) is 3.31. The van der Waals surface area contributed by atoms with E-state index < -0.39 is 10.0 Å². The first-order valence-electron chi connectivity index (χ1n) is 6.13. The lowest BCUT2D eigenvalue weighted by Gasteiger charge is -2.07. The minimum absolute atomic E-state index is 0.0370. The van der Waals surface area contributed by atoms with Crippen LogP contribution in [0.3, 0.4) is 0 Å². The molecule has 2 heterocycles. The van der Waals surface area contributed by atoms with Gasteiger partial charge >= 0.3 is 0 Å². The molecule has 8 nitrogen and oxygen atoms in total. The summed E-state index contributed by atoms with van der Waals surface area (Å²) in [5.74, 6) is 0.251. The number of methoxy groups -OCH3 is 1. The first kappa shape index (κ1) is 15.3. The van der Waals surface area contributed by atoms with Crippen LogP contribution in [0, 0.1) is 6.92 Å². The smallest absolute Gasteiger partial charge is 0.265 e. The largest absolute Gasteiger partial charge is 0.481 e. The van der Waals surface area contributed by atoms with Gasteiger partial charge in [0.2, 0.25) is 11.8 Å². The minimum atomic E-state index is -3.77. The van der Waals surface area contributed by atoms with E-state index in [1.54, 1.807) is 24.6 Å². The topological polar surface area (TPSA) is 112 Å². The molecule has 21 heavy (non-hydrogen) atoms. The molecular weight excluding hydrogens is 294 g/mol. The summed E-state index contributed by atoms with van der Waals surface area (Å²) < 4.78 is 33.6. The van der Waals surface area contributed by atoms with Crippen LogP contribution in [-0.2, 0) is 23.6 Å². The first-order valence-corrected chi connectivity index (χ1v) is 7.62. The zero-order chi connectivity index (χ0) is 15.6. The zero-order valence-corrected chi connectivity index (χ0v) is 12.8. The molecule has 2 aromatic heterocycles. The van der Waals surface area contributed by atoms with Crippen LogP contribution in [-0.4, -0.2) is 30.1 Å². The van der Waals surface area contributed by atoms with Crippen molar-refractivity contribution in [2.24, 2.45) is 12.8 Å². The maximum atomic E-state index is 12.3. The Kier molecular flexibility index (Phi) is 4.14. The van der Waals surface area contributed by atoms with Crippen molar-refractivity contribution in [1.29, 1.82) is 0 Å². The highest BCUT2D eigenvalue weighted by Crippen LogP contribution is 2.18. The molecule has 0 amide bonds. The molecule has 2 aromatic rings. The van der Waals surface area contributed by atoms with Crippen LogP contribution in [0.4, 0.5) is 5.95 Å². The van der Waals surface area contributed by atoms with Crippen molar-refractivity contribution < 1.29 is 13.2 Å². The Hall–Kier alpha value is -2.13. The Morgan fingerprint density at radius 1 is 1.38 bits per heavy atom. The molecular formula is C12H17N5O3S. The Bertz CT molecular complexity index is 754. The molecule has 0 unspecified atom stereocenters. The summed E-state index contributed by atoms with van der Waals surface area (Å²) in [4.78, 5) is 8.09. The van der Waals surface area contributed by atoms with Gasteiger partial charge in [0, 0.05) is 37.2 Å². The number of rotatable bonds is 5. The number of anilines is 1. The highest BCUT2D eigenvalue weighted by molar-refractivity contribution is 7.92. The van der Waals surface area contributed by atoms with E-state index in [0.717, 1.165) is 0 Å². The summed E-state index contributed by atoms with van der Waals surface area (Å²) in [6, 6.07) is 3.11. The number of nitrogens with one attached hydrogen (secondary N) is 1. The SMILES string of the molecule is COc1cc(C)nc(NS(=O)(=O)c2cc(CN)n(C)c2)n1. The summed E-state index contributed by atoms with van der Waals surface area (Å²) in [5.41, 5.74) is 6.84. The van der Waals surface area contributed by atoms with E-state index >= 15 is 0 Å². The van der Waals surface area contributed by atoms with Crippen molar-refractivity contribution in [3.63, 3.8) is 0 Å². The van der Waals surface area contributed by atoms with Crippen LogP contribution >= 0.6 is 0 Å². The van der Waals surface area contributed by atoms with Crippen LogP contribution in [0.1, 0.15) is 11.4 Å². The lowest BCUT2D eigenvalue weighted by molar-refractivity contribution is 0.397. The summed E-state index contributed by atoms with van der Waals surface area (Å²) in [6.07, 6.45) is 1.48. The van der Waals surface area contributed by atoms with Crippen molar-refractivity contribution in [3.8, 4) is 5.88 Å². The van der Waals surface area contributed by atoms with E-state index in [4.69, 9.17) is 10.5 Å². The molecule has 0 fully saturated rings. The third-order valence-corrected chi connectivity index (χ3v) is 4.16. The van der Waals surface area contributed by atoms with Gasteiger partial charge in [-0.05, 0) is 13.0 Å². The molecule has 0 atom stereocenters. The quantitative estimate of drug-likeness (QED) is 0.826. The van der Waals surface area contributed by atoms with Crippen molar-refractivity contribution in [2.45, 2.75) is 18.4 Å². The highest BCUT2D eigenvalue weighted by atomic mass is 32.2. The summed E-state index contributed by atoms with van der Waals surface area (Å²) in [6.45, 7) is 1.97. The van der Waals surface area contributed by atoms with Crippen molar-refractivity contribution >= 4 is 16.0 Å². The second-order valence-corrected chi connectivity index (χ2v) is 6.15. The van der Waals surface area contributed by atoms with Gasteiger partial charge in [-0.3, -0.25) is 0 Å². The number of hydrogen-bond acceptors (Lipinski definition) is 6. The van der Waals surface area contributed by atoms with Crippen LogP contribution in [0.5, 0.6) is 5.88 Å². The Morgan fingerprint density at radius 2 is 2.10 bits per heavy atom. The van der Waals surface area contributed by atoms with Gasteiger partial charge in [-0.15, -0.1) is 0 Å². The average molecular weight is 311 g/mol. The molecule has 0 radical (unpaired) electrons. The van der Waals surface area contributed by atoms with Crippen LogP contribution in [0.15, 0.2) is 23.2 Å². The normalized spacial score (nSPS) is 11.4. The number of aryl methyl sites for hydroxylation is 2. The van der Waals surface area contributed by atoms with Crippen LogP contribution < -0.4 is 15.2 Å². The van der Waals surface area contributed by atoms with E-state index in [0.29, 0.717) is 11.4 Å². The Labute approximate surface area is 123 Å². The van der Waals surface area contributed by atoms with Crippen molar-refractivity contribution in [1.82, 2.24) is 14.5 Å². The van der Waals surface area contributed by atoms with Crippen molar-refractivity contribution in [2.75, 3.05) is 11.8 Å². The fraction of sp³-hybridized carbons (Fsp3) is 0.333. The molecule has 114 valence electrons. The molecule has 0 saturated heterocycles. The van der Waals surface area contributed by atoms with Crippen molar-refractivity contribution in [3.05, 3.63) is 29.7 Å². The maximum absolute atomic E-state index is 12.3. The minimum Gasteiger partial charge on any atom is -0.481 e. The van der Waals surface area contributed by atoms with E-state index in [1.165, 1.54) is 19.4 Å². The molecule has 3 N–H and O–H groups in total. The van der Waals surface area contributed by atoms with Gasteiger partial charge in [-0.25, -0.2) is 18.1 Å². The summed E-state index contributed by atoms with van der Waals surface area (Å²) >= 11 is 0. The molecule has 0 aliphatic heterocycles. The number of nitrogens with two attached hydrogens (primary N) is 1. The van der Waals surface area contributed by atoms with Gasteiger partial charge in [-0.1, -0.05) is 0 Å². The Morgan fingerprint density at radius 3 is 2.67 bits per heavy atom. The van der Waals surface area contributed by atoms with Gasteiger partial charge in [0.05, 0.1) is 7.11 Å². The van der Waals surface area contributed by atoms with E-state index in [2.05, 4.69) is 14.7 Å². The summed E-state index contributed by atoms with van der Waals surface area (Å²) in [5, 5.41) is 0. The molecule has 2 rings (SSSR count). The predicted molar refractivity (Wildman–Crippen MR) is 77.4 cm³/mol. The van der Waals surface area contributed by atoms with Gasteiger partial charge < -0.3 is 15.0 Å². The lowest BCUT2D eigenvalue weighted by Crippen LogP contribution is -2.15. The van der Waals surface area contributed by atoms with E-state index in [-0.39, 0.29) is 23.3 Å². The predicted octanol–water partition coefficient (Wildman–Crippen LogP) is 0.392. The number of aromatic nitrogens is 3. The molecule has 9 heteroatoms. The molecule has 0 aromatic carbocycles. The zero-order valence-electron chi connectivity index (χ0n) is 12.0.